The molecular weight excluding hydrogens is 392 g/mol. The lowest BCUT2D eigenvalue weighted by Gasteiger charge is -2.47. The summed E-state index contributed by atoms with van der Waals surface area (Å²) in [5.74, 6) is -1.45. The van der Waals surface area contributed by atoms with E-state index in [9.17, 15) is 13.9 Å². The van der Waals surface area contributed by atoms with Crippen LogP contribution in [0.5, 0.6) is 11.5 Å². The summed E-state index contributed by atoms with van der Waals surface area (Å²) in [5.41, 5.74) is 0.892. The van der Waals surface area contributed by atoms with Gasteiger partial charge in [-0.2, -0.15) is 0 Å². The first-order valence-corrected chi connectivity index (χ1v) is 11.0. The summed E-state index contributed by atoms with van der Waals surface area (Å²) in [7, 11) is 1.56. The molecule has 3 saturated heterocycles. The molecule has 0 bridgehead atoms. The number of hydrogen-bond donors (Lipinski definition) is 1. The number of aliphatic hydroxyl groups excluding tert-OH is 1. The maximum absolute atomic E-state index is 13.0. The van der Waals surface area contributed by atoms with E-state index in [1.165, 1.54) is 32.4 Å². The summed E-state index contributed by atoms with van der Waals surface area (Å²) in [4.78, 5) is 6.54. The molecule has 168 valence electrons. The van der Waals surface area contributed by atoms with Crippen LogP contribution in [-0.2, 0) is 6.54 Å². The van der Waals surface area contributed by atoms with Crippen molar-refractivity contribution in [1.82, 2.24) is 14.7 Å². The van der Waals surface area contributed by atoms with Gasteiger partial charge in [0, 0.05) is 32.2 Å². The summed E-state index contributed by atoms with van der Waals surface area (Å²) in [6, 6.07) is 6.09. The Morgan fingerprint density at radius 2 is 1.83 bits per heavy atom. The van der Waals surface area contributed by atoms with Gasteiger partial charge in [0.2, 0.25) is 0 Å². The Morgan fingerprint density at radius 3 is 2.50 bits per heavy atom. The normalized spacial score (nSPS) is 24.1. The van der Waals surface area contributed by atoms with Crippen LogP contribution < -0.4 is 9.47 Å². The van der Waals surface area contributed by atoms with Crippen LogP contribution in [0.4, 0.5) is 8.78 Å². The van der Waals surface area contributed by atoms with Gasteiger partial charge in [0.1, 0.15) is 12.7 Å². The zero-order valence-electron chi connectivity index (χ0n) is 17.7. The molecule has 4 rings (SSSR count). The third-order valence-corrected chi connectivity index (χ3v) is 6.29. The minimum absolute atomic E-state index is 0.173. The first kappa shape index (κ1) is 21.7. The second-order valence-electron chi connectivity index (χ2n) is 8.92. The van der Waals surface area contributed by atoms with Crippen LogP contribution >= 0.6 is 0 Å². The fourth-order valence-corrected chi connectivity index (χ4v) is 4.65. The van der Waals surface area contributed by atoms with Gasteiger partial charge in [0.15, 0.2) is 11.5 Å². The number of aliphatic hydroxyl groups is 1. The zero-order chi connectivity index (χ0) is 21.1. The highest BCUT2D eigenvalue weighted by Crippen LogP contribution is 2.32. The average Bonchev–Trinajstić information content (AvgIpc) is 2.68. The number of hydrogen-bond acceptors (Lipinski definition) is 6. The smallest absolute Gasteiger partial charge is 0.272 e. The summed E-state index contributed by atoms with van der Waals surface area (Å²) < 4.78 is 37.3. The maximum Gasteiger partial charge on any atom is 0.272 e. The Hall–Kier alpha value is -1.48. The Bertz CT molecular complexity index is 701. The molecule has 3 aliphatic heterocycles. The van der Waals surface area contributed by atoms with E-state index in [2.05, 4.69) is 9.80 Å². The number of methoxy groups -OCH3 is 1. The second-order valence-corrected chi connectivity index (χ2v) is 8.92. The molecule has 6 nitrogen and oxygen atoms in total. The van der Waals surface area contributed by atoms with E-state index < -0.39 is 12.0 Å². The Morgan fingerprint density at radius 1 is 1.10 bits per heavy atom. The fraction of sp³-hybridized carbons (Fsp3) is 0.727. The van der Waals surface area contributed by atoms with E-state index >= 15 is 0 Å². The Labute approximate surface area is 177 Å². The minimum Gasteiger partial charge on any atom is -0.493 e. The summed E-state index contributed by atoms with van der Waals surface area (Å²) >= 11 is 0. The SMILES string of the molecule is COc1ccc(CN2CC(F)(F)C2)cc1OCC(O)CN1CC(N2CCCCC2)C1. The highest BCUT2D eigenvalue weighted by Gasteiger charge is 2.43. The van der Waals surface area contributed by atoms with Crippen molar-refractivity contribution < 1.29 is 23.4 Å². The fourth-order valence-electron chi connectivity index (χ4n) is 4.65. The molecule has 30 heavy (non-hydrogen) atoms. The van der Waals surface area contributed by atoms with Crippen molar-refractivity contribution in [3.05, 3.63) is 23.8 Å². The standard InChI is InChI=1S/C22H33F2N3O3/c1-29-20-6-5-17(10-26-15-22(23,24)16-26)9-21(20)30-14-19(28)13-25-11-18(12-25)27-7-3-2-4-8-27/h5-6,9,18-19,28H,2-4,7-8,10-16H2,1H3. The summed E-state index contributed by atoms with van der Waals surface area (Å²) in [6.07, 6.45) is 3.36. The van der Waals surface area contributed by atoms with Crippen LogP contribution in [0.1, 0.15) is 24.8 Å². The first-order chi connectivity index (χ1) is 14.4. The van der Waals surface area contributed by atoms with Crippen LogP contribution in [-0.4, -0.2) is 97.4 Å². The highest BCUT2D eigenvalue weighted by molar-refractivity contribution is 5.43. The predicted molar refractivity (Wildman–Crippen MR) is 110 cm³/mol. The van der Waals surface area contributed by atoms with Gasteiger partial charge in [0.25, 0.3) is 5.92 Å². The molecule has 1 N–H and O–H groups in total. The van der Waals surface area contributed by atoms with Gasteiger partial charge in [0.05, 0.1) is 20.2 Å². The van der Waals surface area contributed by atoms with Gasteiger partial charge in [-0.15, -0.1) is 0 Å². The van der Waals surface area contributed by atoms with E-state index in [-0.39, 0.29) is 19.7 Å². The second kappa shape index (κ2) is 9.34. The zero-order valence-corrected chi connectivity index (χ0v) is 17.7. The van der Waals surface area contributed by atoms with Gasteiger partial charge in [-0.1, -0.05) is 12.5 Å². The molecule has 0 spiro atoms. The predicted octanol–water partition coefficient (Wildman–Crippen LogP) is 2.06. The third-order valence-electron chi connectivity index (χ3n) is 6.29. The van der Waals surface area contributed by atoms with E-state index in [1.54, 1.807) is 18.1 Å². The van der Waals surface area contributed by atoms with Crippen molar-refractivity contribution in [2.75, 3.05) is 59.5 Å². The lowest BCUT2D eigenvalue weighted by molar-refractivity contribution is -0.133. The van der Waals surface area contributed by atoms with E-state index in [4.69, 9.17) is 9.47 Å². The van der Waals surface area contributed by atoms with Crippen LogP contribution in [0, 0.1) is 0 Å². The van der Waals surface area contributed by atoms with E-state index in [0.29, 0.717) is 30.6 Å². The average molecular weight is 426 g/mol. The van der Waals surface area contributed by atoms with Crippen molar-refractivity contribution in [3.8, 4) is 11.5 Å². The number of halogens is 2. The Balaban J connectivity index is 1.22. The lowest BCUT2D eigenvalue weighted by Crippen LogP contribution is -2.61. The number of benzene rings is 1. The number of likely N-dealkylation sites (tertiary alicyclic amines) is 3. The van der Waals surface area contributed by atoms with Crippen LogP contribution in [0.25, 0.3) is 0 Å². The quantitative estimate of drug-likeness (QED) is 0.654. The molecule has 1 aromatic rings. The number of alkyl halides is 2. The van der Waals surface area contributed by atoms with Gasteiger partial charge in [-0.05, 0) is 43.6 Å². The van der Waals surface area contributed by atoms with Crippen LogP contribution in [0.3, 0.4) is 0 Å². The number of nitrogens with zero attached hydrogens (tertiary/aromatic N) is 3. The van der Waals surface area contributed by atoms with Crippen molar-refractivity contribution in [1.29, 1.82) is 0 Å². The molecular formula is C22H33F2N3O3. The third kappa shape index (κ3) is 5.41. The van der Waals surface area contributed by atoms with Crippen molar-refractivity contribution in [3.63, 3.8) is 0 Å². The molecule has 0 aliphatic carbocycles. The monoisotopic (exact) mass is 425 g/mol. The molecule has 0 aromatic heterocycles. The molecule has 3 aliphatic rings. The van der Waals surface area contributed by atoms with Crippen molar-refractivity contribution in [2.24, 2.45) is 0 Å². The molecule has 3 heterocycles. The molecule has 1 atom stereocenters. The molecule has 0 radical (unpaired) electrons. The van der Waals surface area contributed by atoms with Gasteiger partial charge in [-0.25, -0.2) is 8.78 Å². The van der Waals surface area contributed by atoms with Gasteiger partial charge >= 0.3 is 0 Å². The summed E-state index contributed by atoms with van der Waals surface area (Å²) in [5, 5.41) is 10.4. The minimum atomic E-state index is -2.57. The molecule has 1 aromatic carbocycles. The molecule has 0 amide bonds. The molecule has 8 heteroatoms. The molecule has 3 fully saturated rings. The summed E-state index contributed by atoms with van der Waals surface area (Å²) in [6.45, 7) is 5.23. The topological polar surface area (TPSA) is 48.4 Å². The van der Waals surface area contributed by atoms with Gasteiger partial charge < -0.3 is 14.6 Å². The van der Waals surface area contributed by atoms with Crippen LogP contribution in [0.15, 0.2) is 18.2 Å². The van der Waals surface area contributed by atoms with E-state index in [1.807, 2.05) is 12.1 Å². The number of ether oxygens (including phenoxy) is 2. The lowest BCUT2D eigenvalue weighted by atomic mass is 10.0. The number of rotatable bonds is 9. The number of β-amino-alcohol motifs (C(OH)–C–C–N with tert-alkyl or cyclic N) is 1. The maximum atomic E-state index is 13.0. The highest BCUT2D eigenvalue weighted by atomic mass is 19.3. The number of piperidine rings is 1. The van der Waals surface area contributed by atoms with Crippen molar-refractivity contribution in [2.45, 2.75) is 43.9 Å². The van der Waals surface area contributed by atoms with E-state index in [0.717, 1.165) is 18.7 Å². The van der Waals surface area contributed by atoms with Gasteiger partial charge in [-0.3, -0.25) is 14.7 Å². The molecule has 0 saturated carbocycles. The molecule has 1 unspecified atom stereocenters. The van der Waals surface area contributed by atoms with Crippen molar-refractivity contribution >= 4 is 0 Å². The Kier molecular flexibility index (Phi) is 6.77. The van der Waals surface area contributed by atoms with Crippen LogP contribution in [0.2, 0.25) is 0 Å². The first-order valence-electron chi connectivity index (χ1n) is 11.0. The largest absolute Gasteiger partial charge is 0.493 e.